The molecule has 2 aliphatic rings. The molecule has 0 aromatic heterocycles. The van der Waals surface area contributed by atoms with E-state index in [0.717, 1.165) is 28.0 Å². The number of carbonyl (C=O) groups excluding carboxylic acids is 2. The van der Waals surface area contributed by atoms with Crippen LogP contribution in [-0.2, 0) is 17.8 Å². The van der Waals surface area contributed by atoms with Crippen molar-refractivity contribution in [2.24, 2.45) is 0 Å². The van der Waals surface area contributed by atoms with E-state index >= 15 is 0 Å². The van der Waals surface area contributed by atoms with Gasteiger partial charge in [-0.25, -0.2) is 9.18 Å². The Kier molecular flexibility index (Phi) is 5.63. The fraction of sp³-hybridized carbons (Fsp3) is 0.185. The lowest BCUT2D eigenvalue weighted by molar-refractivity contribution is 0.0600. The lowest BCUT2D eigenvalue weighted by atomic mass is 9.99. The van der Waals surface area contributed by atoms with Crippen molar-refractivity contribution in [3.05, 3.63) is 99.6 Å². The Morgan fingerprint density at radius 3 is 2.56 bits per heavy atom. The Bertz CT molecular complexity index is 1310. The molecule has 0 atom stereocenters. The predicted octanol–water partition coefficient (Wildman–Crippen LogP) is 4.89. The molecule has 34 heavy (non-hydrogen) atoms. The quantitative estimate of drug-likeness (QED) is 0.409. The van der Waals surface area contributed by atoms with Gasteiger partial charge in [0, 0.05) is 24.2 Å². The summed E-state index contributed by atoms with van der Waals surface area (Å²) in [6, 6.07) is 15.0. The van der Waals surface area contributed by atoms with Gasteiger partial charge in [-0.1, -0.05) is 24.3 Å². The van der Waals surface area contributed by atoms with Crippen molar-refractivity contribution >= 4 is 17.8 Å². The second-order valence-corrected chi connectivity index (χ2v) is 8.31. The number of rotatable bonds is 4. The maximum atomic E-state index is 13.2. The normalized spacial score (nSPS) is 16.0. The molecular weight excluding hydrogens is 437 g/mol. The predicted molar refractivity (Wildman–Crippen MR) is 123 cm³/mol. The highest BCUT2D eigenvalue weighted by Crippen LogP contribution is 2.43. The van der Waals surface area contributed by atoms with Gasteiger partial charge in [0.15, 0.2) is 5.76 Å². The highest BCUT2D eigenvalue weighted by atomic mass is 19.1. The van der Waals surface area contributed by atoms with Crippen LogP contribution < -0.4 is 9.47 Å². The van der Waals surface area contributed by atoms with Gasteiger partial charge in [0.1, 0.15) is 24.0 Å². The Morgan fingerprint density at radius 1 is 1.12 bits per heavy atom. The Morgan fingerprint density at radius 2 is 1.85 bits per heavy atom. The minimum Gasteiger partial charge on any atom is -0.477 e. The number of nitrogens with zero attached hydrogens (tertiary/aromatic N) is 1. The van der Waals surface area contributed by atoms with Gasteiger partial charge in [0.05, 0.1) is 18.2 Å². The molecular formula is C27H22FNO5. The van der Waals surface area contributed by atoms with Crippen LogP contribution >= 0.6 is 0 Å². The van der Waals surface area contributed by atoms with E-state index in [1.807, 2.05) is 13.0 Å². The molecule has 0 bridgehead atoms. The van der Waals surface area contributed by atoms with Crippen molar-refractivity contribution in [2.75, 3.05) is 13.8 Å². The number of hydrogen-bond acceptors (Lipinski definition) is 6. The third-order valence-electron chi connectivity index (χ3n) is 5.95. The van der Waals surface area contributed by atoms with E-state index in [2.05, 4.69) is 4.90 Å². The molecule has 2 aliphatic heterocycles. The maximum absolute atomic E-state index is 13.2. The molecule has 3 aromatic carbocycles. The fourth-order valence-electron chi connectivity index (χ4n) is 4.23. The monoisotopic (exact) mass is 459 g/mol. The summed E-state index contributed by atoms with van der Waals surface area (Å²) in [7, 11) is 1.33. The molecule has 2 heterocycles. The molecule has 0 N–H and O–H groups in total. The smallest absolute Gasteiger partial charge is 0.337 e. The van der Waals surface area contributed by atoms with Crippen molar-refractivity contribution in [1.29, 1.82) is 0 Å². The number of methoxy groups -OCH3 is 1. The number of Topliss-reactive ketones (excluding diaryl/α,β-unsaturated/α-hetero) is 1. The van der Waals surface area contributed by atoms with Gasteiger partial charge in [-0.3, -0.25) is 9.69 Å². The van der Waals surface area contributed by atoms with Crippen LogP contribution in [0.2, 0.25) is 0 Å². The molecule has 172 valence electrons. The van der Waals surface area contributed by atoms with Crippen molar-refractivity contribution in [3.63, 3.8) is 0 Å². The fourth-order valence-corrected chi connectivity index (χ4v) is 4.23. The average Bonchev–Trinajstić information content (AvgIpc) is 3.16. The van der Waals surface area contributed by atoms with Crippen LogP contribution in [0.5, 0.6) is 11.5 Å². The first-order chi connectivity index (χ1) is 16.4. The highest BCUT2D eigenvalue weighted by molar-refractivity contribution is 6.15. The average molecular weight is 459 g/mol. The van der Waals surface area contributed by atoms with E-state index in [4.69, 9.17) is 14.2 Å². The summed E-state index contributed by atoms with van der Waals surface area (Å²) < 4.78 is 29.9. The maximum Gasteiger partial charge on any atom is 0.337 e. The third-order valence-corrected chi connectivity index (χ3v) is 5.95. The number of esters is 1. The summed E-state index contributed by atoms with van der Waals surface area (Å²) in [4.78, 5) is 26.8. The first-order valence-corrected chi connectivity index (χ1v) is 10.8. The van der Waals surface area contributed by atoms with E-state index in [-0.39, 0.29) is 17.4 Å². The molecule has 0 saturated carbocycles. The summed E-state index contributed by atoms with van der Waals surface area (Å²) >= 11 is 0. The van der Waals surface area contributed by atoms with E-state index in [1.54, 1.807) is 42.5 Å². The van der Waals surface area contributed by atoms with Crippen LogP contribution in [0.1, 0.15) is 43.0 Å². The van der Waals surface area contributed by atoms with Crippen LogP contribution in [0.15, 0.2) is 60.4 Å². The second-order valence-electron chi connectivity index (χ2n) is 8.31. The molecule has 7 heteroatoms. The summed E-state index contributed by atoms with van der Waals surface area (Å²) in [5.74, 6) is 0.563. The first kappa shape index (κ1) is 21.9. The number of hydrogen-bond donors (Lipinski definition) is 0. The first-order valence-electron chi connectivity index (χ1n) is 10.8. The summed E-state index contributed by atoms with van der Waals surface area (Å²) in [6.07, 6.45) is 1.66. The number of fused-ring (bicyclic) bond motifs is 2. The third kappa shape index (κ3) is 4.06. The van der Waals surface area contributed by atoms with Crippen LogP contribution in [0, 0.1) is 12.7 Å². The molecule has 6 nitrogen and oxygen atoms in total. The minimum atomic E-state index is -0.422. The van der Waals surface area contributed by atoms with Gasteiger partial charge in [-0.15, -0.1) is 0 Å². The van der Waals surface area contributed by atoms with Crippen LogP contribution in [-0.4, -0.2) is 30.5 Å². The summed E-state index contributed by atoms with van der Waals surface area (Å²) in [5, 5.41) is 0. The van der Waals surface area contributed by atoms with Crippen molar-refractivity contribution in [2.45, 2.75) is 20.0 Å². The van der Waals surface area contributed by atoms with E-state index in [9.17, 15) is 14.0 Å². The topological polar surface area (TPSA) is 65.1 Å². The molecule has 0 amide bonds. The van der Waals surface area contributed by atoms with E-state index in [1.165, 1.54) is 19.2 Å². The molecule has 5 rings (SSSR count). The zero-order valence-electron chi connectivity index (χ0n) is 18.8. The standard InChI is InChI=1S/C27H22FNO5/c1-16-25-20(14-29(15-33-25)13-18-5-9-21(28)10-6-18)12-22-24(30)23(34-26(16)22)11-17-3-7-19(8-4-17)27(31)32-2/h3-12H,13-15H2,1-2H3/b23-11-. The number of carbonyl (C=O) groups is 2. The molecule has 0 aliphatic carbocycles. The highest BCUT2D eigenvalue weighted by Gasteiger charge is 2.33. The van der Waals surface area contributed by atoms with Gasteiger partial charge < -0.3 is 14.2 Å². The Balaban J connectivity index is 1.38. The largest absolute Gasteiger partial charge is 0.477 e. The van der Waals surface area contributed by atoms with Gasteiger partial charge in [-0.2, -0.15) is 0 Å². The van der Waals surface area contributed by atoms with Gasteiger partial charge in [0.25, 0.3) is 0 Å². The molecule has 0 unspecified atom stereocenters. The van der Waals surface area contributed by atoms with Crippen molar-refractivity contribution in [3.8, 4) is 11.5 Å². The molecule has 0 radical (unpaired) electrons. The summed E-state index contributed by atoms with van der Waals surface area (Å²) in [6.45, 7) is 3.47. The number of benzene rings is 3. The van der Waals surface area contributed by atoms with Crippen molar-refractivity contribution in [1.82, 2.24) is 4.90 Å². The Labute approximate surface area is 196 Å². The van der Waals surface area contributed by atoms with Crippen LogP contribution in [0.4, 0.5) is 4.39 Å². The molecule has 0 saturated heterocycles. The molecule has 0 fully saturated rings. The molecule has 3 aromatic rings. The van der Waals surface area contributed by atoms with Crippen molar-refractivity contribution < 1.29 is 28.2 Å². The number of halogens is 1. The molecule has 0 spiro atoms. The SMILES string of the molecule is COC(=O)c1ccc(/C=C2\Oc3c(cc4c(c3C)OCN(Cc3ccc(F)cc3)C4)C2=O)cc1. The van der Waals surface area contributed by atoms with E-state index in [0.29, 0.717) is 36.7 Å². The van der Waals surface area contributed by atoms with Crippen LogP contribution in [0.25, 0.3) is 6.08 Å². The van der Waals surface area contributed by atoms with Gasteiger partial charge >= 0.3 is 5.97 Å². The number of ketones is 1. The van der Waals surface area contributed by atoms with E-state index < -0.39 is 5.97 Å². The minimum absolute atomic E-state index is 0.200. The number of ether oxygens (including phenoxy) is 3. The lowest BCUT2D eigenvalue weighted by Crippen LogP contribution is -2.32. The van der Waals surface area contributed by atoms with Crippen LogP contribution in [0.3, 0.4) is 0 Å². The van der Waals surface area contributed by atoms with Gasteiger partial charge in [-0.05, 0) is 54.5 Å². The zero-order chi connectivity index (χ0) is 23.8. The zero-order valence-corrected chi connectivity index (χ0v) is 18.8. The lowest BCUT2D eigenvalue weighted by Gasteiger charge is -2.30. The second kappa shape index (κ2) is 8.76. The summed E-state index contributed by atoms with van der Waals surface area (Å²) in [5.41, 5.74) is 4.33. The van der Waals surface area contributed by atoms with Gasteiger partial charge in [0.2, 0.25) is 5.78 Å². The number of allylic oxidation sites excluding steroid dienone is 1. The Hall–Kier alpha value is -3.97.